The summed E-state index contributed by atoms with van der Waals surface area (Å²) in [5.41, 5.74) is 2.66. The lowest BCUT2D eigenvalue weighted by atomic mass is 9.96. The van der Waals surface area contributed by atoms with E-state index >= 15 is 0 Å². The minimum absolute atomic E-state index is 0.0169. The number of rotatable bonds is 2. The highest BCUT2D eigenvalue weighted by Gasteiger charge is 2.39. The van der Waals surface area contributed by atoms with E-state index in [4.69, 9.17) is 0 Å². The number of nitrogens with one attached hydrogen (secondary N) is 3. The molecule has 29 heavy (non-hydrogen) atoms. The van der Waals surface area contributed by atoms with Crippen LogP contribution in [0.25, 0.3) is 10.9 Å². The number of anilines is 2. The lowest BCUT2D eigenvalue weighted by Gasteiger charge is -2.30. The molecule has 0 spiro atoms. The molecule has 0 bridgehead atoms. The fraction of sp³-hybridized carbons (Fsp3) is 0.227. The van der Waals surface area contributed by atoms with Crippen molar-refractivity contribution < 1.29 is 9.59 Å². The molecular formula is C22H20N4O3. The van der Waals surface area contributed by atoms with Gasteiger partial charge < -0.3 is 15.2 Å². The van der Waals surface area contributed by atoms with Crippen molar-refractivity contribution in [3.05, 3.63) is 69.9 Å². The first kappa shape index (κ1) is 17.5. The monoisotopic (exact) mass is 388 g/mol. The summed E-state index contributed by atoms with van der Waals surface area (Å²) in [4.78, 5) is 42.5. The molecule has 0 aliphatic carbocycles. The van der Waals surface area contributed by atoms with E-state index in [-0.39, 0.29) is 17.4 Å². The van der Waals surface area contributed by atoms with E-state index in [9.17, 15) is 14.4 Å². The SMILES string of the molecule is O=C(Nc1cc(=O)c2ccccc2[nH]1)Nc1cccc2c1C1CCCCN1C2=O. The molecule has 5 rings (SSSR count). The van der Waals surface area contributed by atoms with Gasteiger partial charge in [0.15, 0.2) is 5.43 Å². The van der Waals surface area contributed by atoms with Crippen LogP contribution in [-0.2, 0) is 0 Å². The number of urea groups is 1. The Bertz CT molecular complexity index is 1200. The Morgan fingerprint density at radius 1 is 1.03 bits per heavy atom. The summed E-state index contributed by atoms with van der Waals surface area (Å²) in [5.74, 6) is 0.349. The predicted octanol–water partition coefficient (Wildman–Crippen LogP) is 3.85. The molecule has 2 aliphatic rings. The zero-order chi connectivity index (χ0) is 20.0. The van der Waals surface area contributed by atoms with Gasteiger partial charge in [-0.05, 0) is 43.5 Å². The summed E-state index contributed by atoms with van der Waals surface area (Å²) in [6.07, 6.45) is 2.97. The number of nitrogens with zero attached hydrogens (tertiary/aromatic N) is 1. The molecule has 3 aromatic rings. The van der Waals surface area contributed by atoms with Crippen LogP contribution in [0.2, 0.25) is 0 Å². The third-order valence-electron chi connectivity index (χ3n) is 5.67. The van der Waals surface area contributed by atoms with E-state index in [1.807, 2.05) is 23.1 Å². The number of piperidine rings is 1. The van der Waals surface area contributed by atoms with Crippen LogP contribution in [0, 0.1) is 0 Å². The van der Waals surface area contributed by atoms with Gasteiger partial charge in [-0.15, -0.1) is 0 Å². The number of carbonyl (C=O) groups is 2. The Balaban J connectivity index is 1.42. The lowest BCUT2D eigenvalue weighted by molar-refractivity contribution is 0.0672. The van der Waals surface area contributed by atoms with E-state index in [0.29, 0.717) is 28.0 Å². The number of hydrogen-bond acceptors (Lipinski definition) is 3. The largest absolute Gasteiger partial charge is 0.341 e. The van der Waals surface area contributed by atoms with Gasteiger partial charge in [-0.25, -0.2) is 4.79 Å². The molecule has 1 unspecified atom stereocenters. The zero-order valence-corrected chi connectivity index (χ0v) is 15.7. The fourth-order valence-corrected chi connectivity index (χ4v) is 4.39. The molecule has 0 radical (unpaired) electrons. The summed E-state index contributed by atoms with van der Waals surface area (Å²) in [6, 6.07) is 13.5. The average Bonchev–Trinajstić information content (AvgIpc) is 3.02. The van der Waals surface area contributed by atoms with Gasteiger partial charge in [0.25, 0.3) is 5.91 Å². The van der Waals surface area contributed by atoms with Crippen LogP contribution in [0.3, 0.4) is 0 Å². The van der Waals surface area contributed by atoms with Gasteiger partial charge in [0.2, 0.25) is 0 Å². The van der Waals surface area contributed by atoms with Crippen molar-refractivity contribution in [2.24, 2.45) is 0 Å². The number of carbonyl (C=O) groups excluding carboxylic acids is 2. The van der Waals surface area contributed by atoms with Crippen LogP contribution in [0.5, 0.6) is 0 Å². The Hall–Kier alpha value is -3.61. The van der Waals surface area contributed by atoms with E-state index in [1.165, 1.54) is 6.07 Å². The van der Waals surface area contributed by atoms with Gasteiger partial charge in [0.1, 0.15) is 5.82 Å². The normalized spacial score (nSPS) is 17.7. The first-order valence-corrected chi connectivity index (χ1v) is 9.76. The summed E-state index contributed by atoms with van der Waals surface area (Å²) in [5, 5.41) is 6.12. The van der Waals surface area contributed by atoms with E-state index in [2.05, 4.69) is 15.6 Å². The van der Waals surface area contributed by atoms with E-state index in [1.54, 1.807) is 24.3 Å². The molecule has 1 aromatic heterocycles. The second-order valence-corrected chi connectivity index (χ2v) is 7.45. The number of aromatic amines is 1. The minimum Gasteiger partial charge on any atom is -0.341 e. The number of para-hydroxylation sites is 1. The first-order chi connectivity index (χ1) is 14.1. The summed E-state index contributed by atoms with van der Waals surface area (Å²) >= 11 is 0. The Morgan fingerprint density at radius 3 is 2.79 bits per heavy atom. The van der Waals surface area contributed by atoms with Crippen molar-refractivity contribution in [2.45, 2.75) is 25.3 Å². The molecule has 7 nitrogen and oxygen atoms in total. The topological polar surface area (TPSA) is 94.3 Å². The van der Waals surface area contributed by atoms with Gasteiger partial charge in [-0.2, -0.15) is 0 Å². The summed E-state index contributed by atoms with van der Waals surface area (Å²) in [6.45, 7) is 0.752. The van der Waals surface area contributed by atoms with Crippen LogP contribution in [0.4, 0.5) is 16.3 Å². The maximum absolute atomic E-state index is 12.7. The van der Waals surface area contributed by atoms with Gasteiger partial charge in [0.05, 0.1) is 11.6 Å². The van der Waals surface area contributed by atoms with Crippen molar-refractivity contribution in [3.8, 4) is 0 Å². The predicted molar refractivity (Wildman–Crippen MR) is 111 cm³/mol. The van der Waals surface area contributed by atoms with E-state index < -0.39 is 6.03 Å². The van der Waals surface area contributed by atoms with Gasteiger partial charge in [0, 0.05) is 34.8 Å². The third-order valence-corrected chi connectivity index (χ3v) is 5.67. The number of hydrogen-bond donors (Lipinski definition) is 3. The molecule has 2 aromatic carbocycles. The molecular weight excluding hydrogens is 368 g/mol. The zero-order valence-electron chi connectivity index (χ0n) is 15.7. The highest BCUT2D eigenvalue weighted by Crippen LogP contribution is 2.43. The molecule has 2 aliphatic heterocycles. The van der Waals surface area contributed by atoms with Crippen molar-refractivity contribution in [1.29, 1.82) is 0 Å². The number of benzene rings is 2. The van der Waals surface area contributed by atoms with Crippen LogP contribution in [0.1, 0.15) is 41.2 Å². The fourth-order valence-electron chi connectivity index (χ4n) is 4.39. The number of aromatic nitrogens is 1. The lowest BCUT2D eigenvalue weighted by Crippen LogP contribution is -2.32. The number of fused-ring (bicyclic) bond motifs is 4. The summed E-state index contributed by atoms with van der Waals surface area (Å²) < 4.78 is 0. The molecule has 3 N–H and O–H groups in total. The van der Waals surface area contributed by atoms with Crippen LogP contribution in [0.15, 0.2) is 53.3 Å². The summed E-state index contributed by atoms with van der Waals surface area (Å²) in [7, 11) is 0. The standard InChI is InChI=1S/C22H20N4O3/c27-18-12-19(23-15-8-2-1-6-13(15)18)25-22(29)24-16-9-5-7-14-20(16)17-10-3-4-11-26(17)21(14)28/h1-2,5-9,12,17H,3-4,10-11H2,(H3,23,24,25,27,29). The van der Waals surface area contributed by atoms with Gasteiger partial charge in [-0.1, -0.05) is 18.2 Å². The molecule has 7 heteroatoms. The second kappa shape index (κ2) is 6.77. The van der Waals surface area contributed by atoms with Crippen molar-refractivity contribution in [2.75, 3.05) is 17.2 Å². The van der Waals surface area contributed by atoms with Gasteiger partial charge >= 0.3 is 6.03 Å². The minimum atomic E-state index is -0.467. The van der Waals surface area contributed by atoms with Crippen molar-refractivity contribution >= 4 is 34.3 Å². The average molecular weight is 388 g/mol. The van der Waals surface area contributed by atoms with E-state index in [0.717, 1.165) is 31.4 Å². The molecule has 3 amide bonds. The second-order valence-electron chi connectivity index (χ2n) is 7.45. The Labute approximate surface area is 166 Å². The molecule has 3 heterocycles. The maximum Gasteiger partial charge on any atom is 0.324 e. The Morgan fingerprint density at radius 2 is 1.90 bits per heavy atom. The van der Waals surface area contributed by atoms with Gasteiger partial charge in [-0.3, -0.25) is 14.9 Å². The first-order valence-electron chi connectivity index (χ1n) is 9.76. The van der Waals surface area contributed by atoms with Crippen LogP contribution in [-0.4, -0.2) is 28.4 Å². The number of pyridine rings is 1. The third kappa shape index (κ3) is 2.95. The highest BCUT2D eigenvalue weighted by molar-refractivity contribution is 6.05. The molecule has 1 saturated heterocycles. The highest BCUT2D eigenvalue weighted by atomic mass is 16.2. The molecule has 1 atom stereocenters. The number of amides is 3. The Kier molecular flexibility index (Phi) is 4.08. The van der Waals surface area contributed by atoms with Crippen molar-refractivity contribution in [1.82, 2.24) is 9.88 Å². The number of H-pyrrole nitrogens is 1. The smallest absolute Gasteiger partial charge is 0.324 e. The van der Waals surface area contributed by atoms with Crippen molar-refractivity contribution in [3.63, 3.8) is 0 Å². The molecule has 1 fully saturated rings. The molecule has 0 saturated carbocycles. The molecule has 146 valence electrons. The quantitative estimate of drug-likeness (QED) is 0.622. The van der Waals surface area contributed by atoms with Crippen LogP contribution < -0.4 is 16.1 Å². The van der Waals surface area contributed by atoms with Crippen LogP contribution >= 0.6 is 0 Å². The maximum atomic E-state index is 12.7.